The maximum atomic E-state index is 13.3. The Hall–Kier alpha value is -4.13. The van der Waals surface area contributed by atoms with Gasteiger partial charge in [-0.2, -0.15) is 0 Å². The van der Waals surface area contributed by atoms with Gasteiger partial charge in [0.2, 0.25) is 0 Å². The van der Waals surface area contributed by atoms with Crippen LogP contribution in [0.4, 0.5) is 0 Å². The first kappa shape index (κ1) is 21.7. The summed E-state index contributed by atoms with van der Waals surface area (Å²) >= 11 is 0. The van der Waals surface area contributed by atoms with E-state index in [1.54, 1.807) is 48.8 Å². The van der Waals surface area contributed by atoms with E-state index in [1.165, 1.54) is 12.0 Å². The fourth-order valence-electron chi connectivity index (χ4n) is 4.67. The van der Waals surface area contributed by atoms with Gasteiger partial charge in [-0.1, -0.05) is 18.2 Å². The van der Waals surface area contributed by atoms with Crippen LogP contribution in [0.1, 0.15) is 35.2 Å². The highest BCUT2D eigenvalue weighted by molar-refractivity contribution is 6.46. The highest BCUT2D eigenvalue weighted by Gasteiger charge is 2.47. The predicted octanol–water partition coefficient (Wildman–Crippen LogP) is 4.04. The summed E-state index contributed by atoms with van der Waals surface area (Å²) in [6, 6.07) is 15.3. The van der Waals surface area contributed by atoms with Crippen LogP contribution in [0.2, 0.25) is 0 Å². The van der Waals surface area contributed by atoms with Gasteiger partial charge >= 0.3 is 0 Å². The van der Waals surface area contributed by atoms with E-state index in [-0.39, 0.29) is 24.0 Å². The van der Waals surface area contributed by atoms with Crippen LogP contribution in [0.15, 0.2) is 72.6 Å². The van der Waals surface area contributed by atoms with Gasteiger partial charge in [-0.25, -0.2) is 0 Å². The number of Topliss-reactive ketones (excluding diaryl/α,β-unsaturated/α-hetero) is 1. The second kappa shape index (κ2) is 8.67. The molecule has 0 radical (unpaired) electrons. The molecule has 0 saturated carbocycles. The Morgan fingerprint density at radius 1 is 1.15 bits per heavy atom. The van der Waals surface area contributed by atoms with E-state index in [1.807, 2.05) is 25.1 Å². The Morgan fingerprint density at radius 2 is 1.91 bits per heavy atom. The molecule has 2 aliphatic rings. The number of carbonyl (C=O) groups is 2. The molecule has 0 spiro atoms. The molecule has 0 unspecified atom stereocenters. The quantitative estimate of drug-likeness (QED) is 0.354. The van der Waals surface area contributed by atoms with Crippen LogP contribution in [0, 0.1) is 0 Å². The summed E-state index contributed by atoms with van der Waals surface area (Å²) in [5.74, 6) is -0.325. The number of nitrogens with zero attached hydrogens (tertiary/aromatic N) is 2. The zero-order valence-corrected chi connectivity index (χ0v) is 18.9. The van der Waals surface area contributed by atoms with Gasteiger partial charge in [0.1, 0.15) is 23.4 Å². The number of methoxy groups -OCH3 is 1. The smallest absolute Gasteiger partial charge is 0.295 e. The van der Waals surface area contributed by atoms with Crippen LogP contribution in [-0.4, -0.2) is 39.9 Å². The lowest BCUT2D eigenvalue weighted by Gasteiger charge is -2.26. The molecule has 1 N–H and O–H groups in total. The summed E-state index contributed by atoms with van der Waals surface area (Å²) in [6.07, 6.45) is 4.03. The van der Waals surface area contributed by atoms with Crippen molar-refractivity contribution < 1.29 is 24.2 Å². The number of hydrogen-bond acceptors (Lipinski definition) is 6. The number of carbonyl (C=O) groups excluding carboxylic acids is 2. The van der Waals surface area contributed by atoms with Gasteiger partial charge in [-0.3, -0.25) is 14.6 Å². The molecule has 7 heteroatoms. The molecule has 1 amide bonds. The van der Waals surface area contributed by atoms with Crippen LogP contribution in [0.5, 0.6) is 11.5 Å². The number of para-hydroxylation sites is 1. The standard InChI is InChI=1S/C27H24N2O5/c1-16-13-19-14-18(7-8-21(19)34-16)25(30)23-24(20-5-3-4-6-22(20)33-2)29(27(32)26(23)31)15-17-9-11-28-12-10-17/h3-12,14,16,24,30H,13,15H2,1-2H3/t16-,24-/m1/s1. The van der Waals surface area contributed by atoms with Gasteiger partial charge in [-0.05, 0) is 54.4 Å². The Balaban J connectivity index is 1.66. The van der Waals surface area contributed by atoms with E-state index in [9.17, 15) is 14.7 Å². The third kappa shape index (κ3) is 3.69. The number of rotatable bonds is 5. The van der Waals surface area contributed by atoms with E-state index in [0.717, 1.165) is 16.9 Å². The molecule has 1 saturated heterocycles. The molecule has 3 heterocycles. The summed E-state index contributed by atoms with van der Waals surface area (Å²) < 4.78 is 11.3. The topological polar surface area (TPSA) is 89.0 Å². The summed E-state index contributed by atoms with van der Waals surface area (Å²) in [5, 5.41) is 11.4. The minimum Gasteiger partial charge on any atom is -0.507 e. The Morgan fingerprint density at radius 3 is 2.68 bits per heavy atom. The zero-order valence-electron chi connectivity index (χ0n) is 18.9. The van der Waals surface area contributed by atoms with Crippen molar-refractivity contribution in [2.24, 2.45) is 0 Å². The summed E-state index contributed by atoms with van der Waals surface area (Å²) in [7, 11) is 1.54. The fraction of sp³-hybridized carbons (Fsp3) is 0.222. The molecule has 5 rings (SSSR count). The number of aliphatic hydroxyl groups is 1. The molecule has 0 bridgehead atoms. The van der Waals surface area contributed by atoms with Crippen molar-refractivity contribution in [2.45, 2.75) is 32.0 Å². The number of likely N-dealkylation sites (tertiary alicyclic amines) is 1. The van der Waals surface area contributed by atoms with Crippen LogP contribution in [-0.2, 0) is 22.6 Å². The highest BCUT2D eigenvalue weighted by Crippen LogP contribution is 2.44. The molecule has 34 heavy (non-hydrogen) atoms. The van der Waals surface area contributed by atoms with E-state index in [2.05, 4.69) is 4.98 Å². The summed E-state index contributed by atoms with van der Waals surface area (Å²) in [6.45, 7) is 2.16. The first-order valence-corrected chi connectivity index (χ1v) is 11.1. The molecule has 3 aromatic rings. The van der Waals surface area contributed by atoms with Crippen LogP contribution in [0.3, 0.4) is 0 Å². The SMILES string of the molecule is COc1ccccc1[C@@H]1C(=C(O)c2ccc3c(c2)C[C@@H](C)O3)C(=O)C(=O)N1Cc1ccncc1. The van der Waals surface area contributed by atoms with E-state index in [0.29, 0.717) is 23.3 Å². The number of pyridine rings is 1. The molecule has 1 fully saturated rings. The minimum atomic E-state index is -0.812. The van der Waals surface area contributed by atoms with Crippen molar-refractivity contribution in [1.29, 1.82) is 0 Å². The molecular weight excluding hydrogens is 432 g/mol. The molecule has 2 aliphatic heterocycles. The van der Waals surface area contributed by atoms with Crippen LogP contribution >= 0.6 is 0 Å². The number of amides is 1. The second-order valence-electron chi connectivity index (χ2n) is 8.48. The third-order valence-corrected chi connectivity index (χ3v) is 6.25. The van der Waals surface area contributed by atoms with E-state index < -0.39 is 17.7 Å². The second-order valence-corrected chi connectivity index (χ2v) is 8.48. The first-order valence-electron chi connectivity index (χ1n) is 11.1. The molecular formula is C27H24N2O5. The number of aliphatic hydroxyl groups excluding tert-OH is 1. The molecule has 2 aromatic carbocycles. The van der Waals surface area contributed by atoms with Gasteiger partial charge in [-0.15, -0.1) is 0 Å². The number of ketones is 1. The highest BCUT2D eigenvalue weighted by atomic mass is 16.5. The Kier molecular flexibility index (Phi) is 5.53. The lowest BCUT2D eigenvalue weighted by molar-refractivity contribution is -0.140. The Labute approximate surface area is 197 Å². The van der Waals surface area contributed by atoms with Crippen molar-refractivity contribution in [3.05, 3.63) is 94.8 Å². The summed E-state index contributed by atoms with van der Waals surface area (Å²) in [5.41, 5.74) is 2.91. The van der Waals surface area contributed by atoms with E-state index in [4.69, 9.17) is 9.47 Å². The van der Waals surface area contributed by atoms with Crippen molar-refractivity contribution in [3.8, 4) is 11.5 Å². The third-order valence-electron chi connectivity index (χ3n) is 6.25. The van der Waals surface area contributed by atoms with Gasteiger partial charge in [0.25, 0.3) is 11.7 Å². The molecule has 172 valence electrons. The van der Waals surface area contributed by atoms with Gasteiger partial charge in [0.15, 0.2) is 0 Å². The Bertz CT molecular complexity index is 1300. The van der Waals surface area contributed by atoms with Crippen molar-refractivity contribution in [2.75, 3.05) is 7.11 Å². The molecule has 7 nitrogen and oxygen atoms in total. The summed E-state index contributed by atoms with van der Waals surface area (Å²) in [4.78, 5) is 32.0. The van der Waals surface area contributed by atoms with Crippen molar-refractivity contribution in [3.63, 3.8) is 0 Å². The van der Waals surface area contributed by atoms with Crippen LogP contribution < -0.4 is 9.47 Å². The number of benzene rings is 2. The van der Waals surface area contributed by atoms with Crippen LogP contribution in [0.25, 0.3) is 5.76 Å². The largest absolute Gasteiger partial charge is 0.507 e. The normalized spacial score (nSPS) is 20.8. The number of hydrogen-bond donors (Lipinski definition) is 1. The number of aromatic nitrogens is 1. The zero-order chi connectivity index (χ0) is 23.8. The fourth-order valence-corrected chi connectivity index (χ4v) is 4.67. The molecule has 1 aromatic heterocycles. The van der Waals surface area contributed by atoms with Crippen molar-refractivity contribution in [1.82, 2.24) is 9.88 Å². The maximum Gasteiger partial charge on any atom is 0.295 e. The van der Waals surface area contributed by atoms with E-state index >= 15 is 0 Å². The van der Waals surface area contributed by atoms with Gasteiger partial charge in [0, 0.05) is 36.5 Å². The minimum absolute atomic E-state index is 0.0375. The van der Waals surface area contributed by atoms with Gasteiger partial charge in [0.05, 0.1) is 18.7 Å². The molecule has 2 atom stereocenters. The first-order chi connectivity index (χ1) is 16.5. The predicted molar refractivity (Wildman–Crippen MR) is 125 cm³/mol. The van der Waals surface area contributed by atoms with Gasteiger partial charge < -0.3 is 19.5 Å². The average Bonchev–Trinajstić information content (AvgIpc) is 3.35. The lowest BCUT2D eigenvalue weighted by atomic mass is 9.93. The number of ether oxygens (including phenoxy) is 2. The average molecular weight is 456 g/mol. The molecule has 0 aliphatic carbocycles. The van der Waals surface area contributed by atoms with Crippen molar-refractivity contribution >= 4 is 17.4 Å². The monoisotopic (exact) mass is 456 g/mol. The maximum absolute atomic E-state index is 13.3. The number of fused-ring (bicyclic) bond motifs is 1. The lowest BCUT2D eigenvalue weighted by Crippen LogP contribution is -2.29.